The van der Waals surface area contributed by atoms with Crippen LogP contribution in [0.15, 0.2) is 48.5 Å². The third-order valence-electron chi connectivity index (χ3n) is 5.55. The molecule has 0 aliphatic carbocycles. The molecule has 1 saturated heterocycles. The van der Waals surface area contributed by atoms with Crippen LogP contribution in [0.25, 0.3) is 0 Å². The maximum atomic E-state index is 13.6. The quantitative estimate of drug-likeness (QED) is 0.710. The number of benzene rings is 2. The Kier molecular flexibility index (Phi) is 7.20. The van der Waals surface area contributed by atoms with Crippen molar-refractivity contribution in [1.29, 1.82) is 5.26 Å². The van der Waals surface area contributed by atoms with Crippen LogP contribution in [0.1, 0.15) is 43.2 Å². The van der Waals surface area contributed by atoms with E-state index >= 15 is 0 Å². The molecule has 2 aromatic rings. The lowest BCUT2D eigenvalue weighted by molar-refractivity contribution is 0.137. The van der Waals surface area contributed by atoms with E-state index in [0.29, 0.717) is 29.8 Å². The molecule has 0 saturated carbocycles. The zero-order chi connectivity index (χ0) is 20.6. The van der Waals surface area contributed by atoms with Crippen molar-refractivity contribution in [2.75, 3.05) is 25.0 Å². The zero-order valence-corrected chi connectivity index (χ0v) is 16.7. The summed E-state index contributed by atoms with van der Waals surface area (Å²) in [6.07, 6.45) is 3.00. The number of nitrogens with one attached hydrogen (secondary N) is 2. The van der Waals surface area contributed by atoms with Crippen LogP contribution in [0.3, 0.4) is 0 Å². The first-order chi connectivity index (χ1) is 14.1. The van der Waals surface area contributed by atoms with E-state index in [1.807, 2.05) is 6.07 Å². The molecule has 1 fully saturated rings. The SMILES string of the molecule is CC1C(c2cccc(F)c2)CCCN1CCCNC(=O)Nc1cccc(C#N)c1. The van der Waals surface area contributed by atoms with Gasteiger partial charge in [0, 0.05) is 24.8 Å². The van der Waals surface area contributed by atoms with E-state index in [-0.39, 0.29) is 11.8 Å². The van der Waals surface area contributed by atoms with Gasteiger partial charge in [0.05, 0.1) is 11.6 Å². The molecule has 152 valence electrons. The van der Waals surface area contributed by atoms with Crippen LogP contribution >= 0.6 is 0 Å². The van der Waals surface area contributed by atoms with Crippen molar-refractivity contribution in [2.24, 2.45) is 0 Å². The highest BCUT2D eigenvalue weighted by Crippen LogP contribution is 2.32. The fourth-order valence-corrected chi connectivity index (χ4v) is 4.04. The van der Waals surface area contributed by atoms with Crippen molar-refractivity contribution in [3.63, 3.8) is 0 Å². The number of anilines is 1. The maximum Gasteiger partial charge on any atom is 0.319 e. The van der Waals surface area contributed by atoms with E-state index in [1.54, 1.807) is 36.4 Å². The Labute approximate surface area is 171 Å². The summed E-state index contributed by atoms with van der Waals surface area (Å²) >= 11 is 0. The number of amides is 2. The molecule has 0 radical (unpaired) electrons. The normalized spacial score (nSPS) is 19.3. The molecule has 3 rings (SSSR count). The van der Waals surface area contributed by atoms with Crippen LogP contribution in [0.4, 0.5) is 14.9 Å². The molecule has 0 aromatic heterocycles. The summed E-state index contributed by atoms with van der Waals surface area (Å²) in [5, 5.41) is 14.5. The Morgan fingerprint density at radius 1 is 1.28 bits per heavy atom. The summed E-state index contributed by atoms with van der Waals surface area (Å²) in [6, 6.07) is 15.9. The van der Waals surface area contributed by atoms with Crippen LogP contribution in [-0.2, 0) is 0 Å². The number of rotatable bonds is 6. The Hall–Kier alpha value is -2.91. The number of nitrogens with zero attached hydrogens (tertiary/aromatic N) is 2. The van der Waals surface area contributed by atoms with Gasteiger partial charge in [-0.1, -0.05) is 18.2 Å². The molecular formula is C23H27FN4O. The predicted octanol–water partition coefficient (Wildman–Crippen LogP) is 4.48. The molecular weight excluding hydrogens is 367 g/mol. The average Bonchev–Trinajstić information content (AvgIpc) is 2.72. The third kappa shape index (κ3) is 5.78. The van der Waals surface area contributed by atoms with E-state index in [1.165, 1.54) is 6.07 Å². The number of urea groups is 1. The topological polar surface area (TPSA) is 68.2 Å². The van der Waals surface area contributed by atoms with Gasteiger partial charge < -0.3 is 10.6 Å². The minimum Gasteiger partial charge on any atom is -0.338 e. The molecule has 2 unspecified atom stereocenters. The summed E-state index contributed by atoms with van der Waals surface area (Å²) in [5.41, 5.74) is 2.18. The number of carbonyl (C=O) groups excluding carboxylic acids is 1. The maximum absolute atomic E-state index is 13.6. The minimum absolute atomic E-state index is 0.178. The standard InChI is InChI=1S/C23H27FN4O/c1-17-22(19-7-3-8-20(24)15-19)10-4-12-28(17)13-5-11-26-23(29)27-21-9-2-6-18(14-21)16-25/h2-3,6-9,14-15,17,22H,4-5,10-13H2,1H3,(H2,26,27,29). The number of likely N-dealkylation sites (tertiary alicyclic amines) is 1. The lowest BCUT2D eigenvalue weighted by Gasteiger charge is -2.39. The molecule has 2 atom stereocenters. The van der Waals surface area contributed by atoms with Crippen molar-refractivity contribution >= 4 is 11.7 Å². The summed E-state index contributed by atoms with van der Waals surface area (Å²) in [5.74, 6) is 0.158. The molecule has 0 bridgehead atoms. The molecule has 2 aromatic carbocycles. The second kappa shape index (κ2) is 10.0. The van der Waals surface area contributed by atoms with Crippen molar-refractivity contribution in [1.82, 2.24) is 10.2 Å². The first-order valence-corrected chi connectivity index (χ1v) is 10.1. The van der Waals surface area contributed by atoms with Crippen LogP contribution in [0, 0.1) is 17.1 Å². The van der Waals surface area contributed by atoms with Gasteiger partial charge in [-0.3, -0.25) is 4.90 Å². The zero-order valence-electron chi connectivity index (χ0n) is 16.7. The molecule has 5 nitrogen and oxygen atoms in total. The number of nitriles is 1. The lowest BCUT2D eigenvalue weighted by atomic mass is 9.84. The third-order valence-corrected chi connectivity index (χ3v) is 5.55. The highest BCUT2D eigenvalue weighted by Gasteiger charge is 2.28. The van der Waals surface area contributed by atoms with E-state index in [0.717, 1.165) is 37.9 Å². The largest absolute Gasteiger partial charge is 0.338 e. The number of piperidine rings is 1. The smallest absolute Gasteiger partial charge is 0.319 e. The number of hydrogen-bond acceptors (Lipinski definition) is 3. The van der Waals surface area contributed by atoms with Gasteiger partial charge >= 0.3 is 6.03 Å². The Bertz CT molecular complexity index is 879. The van der Waals surface area contributed by atoms with E-state index in [2.05, 4.69) is 28.5 Å². The summed E-state index contributed by atoms with van der Waals surface area (Å²) in [4.78, 5) is 14.5. The second-order valence-corrected chi connectivity index (χ2v) is 7.51. The summed E-state index contributed by atoms with van der Waals surface area (Å²) in [6.45, 7) is 4.69. The highest BCUT2D eigenvalue weighted by molar-refractivity contribution is 5.89. The van der Waals surface area contributed by atoms with Gasteiger partial charge in [0.1, 0.15) is 5.82 Å². The fourth-order valence-electron chi connectivity index (χ4n) is 4.04. The molecule has 1 aliphatic heterocycles. The van der Waals surface area contributed by atoms with Crippen LogP contribution < -0.4 is 10.6 Å². The Balaban J connectivity index is 1.43. The molecule has 6 heteroatoms. The van der Waals surface area contributed by atoms with Gasteiger partial charge in [-0.15, -0.1) is 0 Å². The Morgan fingerprint density at radius 2 is 2.10 bits per heavy atom. The van der Waals surface area contributed by atoms with Gasteiger partial charge in [0.15, 0.2) is 0 Å². The van der Waals surface area contributed by atoms with E-state index in [9.17, 15) is 9.18 Å². The van der Waals surface area contributed by atoms with Gasteiger partial charge in [-0.25, -0.2) is 9.18 Å². The van der Waals surface area contributed by atoms with Crippen molar-refractivity contribution in [3.8, 4) is 6.07 Å². The lowest BCUT2D eigenvalue weighted by Crippen LogP contribution is -2.43. The van der Waals surface area contributed by atoms with Gasteiger partial charge in [-0.05, 0) is 74.5 Å². The van der Waals surface area contributed by atoms with E-state index in [4.69, 9.17) is 5.26 Å². The van der Waals surface area contributed by atoms with Crippen LogP contribution in [0.5, 0.6) is 0 Å². The monoisotopic (exact) mass is 394 g/mol. The van der Waals surface area contributed by atoms with Crippen LogP contribution in [-0.4, -0.2) is 36.6 Å². The summed E-state index contributed by atoms with van der Waals surface area (Å²) in [7, 11) is 0. The van der Waals surface area contributed by atoms with Crippen molar-refractivity contribution < 1.29 is 9.18 Å². The fraction of sp³-hybridized carbons (Fsp3) is 0.391. The molecule has 2 N–H and O–H groups in total. The molecule has 0 spiro atoms. The predicted molar refractivity (Wildman–Crippen MR) is 112 cm³/mol. The first kappa shape index (κ1) is 20.8. The molecule has 1 aliphatic rings. The first-order valence-electron chi connectivity index (χ1n) is 10.1. The number of carbonyl (C=O) groups is 1. The summed E-state index contributed by atoms with van der Waals surface area (Å²) < 4.78 is 13.6. The van der Waals surface area contributed by atoms with Gasteiger partial charge in [0.25, 0.3) is 0 Å². The van der Waals surface area contributed by atoms with Crippen molar-refractivity contribution in [3.05, 3.63) is 65.5 Å². The molecule has 29 heavy (non-hydrogen) atoms. The molecule has 2 amide bonds. The average molecular weight is 394 g/mol. The van der Waals surface area contributed by atoms with Crippen molar-refractivity contribution in [2.45, 2.75) is 38.1 Å². The molecule has 1 heterocycles. The minimum atomic E-state index is -0.274. The van der Waals surface area contributed by atoms with E-state index < -0.39 is 0 Å². The number of halogens is 1. The Morgan fingerprint density at radius 3 is 2.90 bits per heavy atom. The van der Waals surface area contributed by atoms with Crippen LogP contribution in [0.2, 0.25) is 0 Å². The highest BCUT2D eigenvalue weighted by atomic mass is 19.1. The van der Waals surface area contributed by atoms with Gasteiger partial charge in [-0.2, -0.15) is 5.26 Å². The number of hydrogen-bond donors (Lipinski definition) is 2. The second-order valence-electron chi connectivity index (χ2n) is 7.51. The van der Waals surface area contributed by atoms with Gasteiger partial charge in [0.2, 0.25) is 0 Å².